The number of carbonyl (C=O) groups is 4. The Balaban J connectivity index is 1.21. The number of aromatic nitrogens is 1. The third-order valence-electron chi connectivity index (χ3n) is 8.75. The third kappa shape index (κ3) is 10.6. The Morgan fingerprint density at radius 3 is 2.29 bits per heavy atom. The summed E-state index contributed by atoms with van der Waals surface area (Å²) in [6.07, 6.45) is 4.20. The van der Waals surface area contributed by atoms with Crippen molar-refractivity contribution in [2.45, 2.75) is 63.8 Å². The maximum atomic E-state index is 13.1. The number of amides is 2. The first kappa shape index (κ1) is 38.1. The van der Waals surface area contributed by atoms with Crippen LogP contribution in [0.25, 0.3) is 32.9 Å². The minimum atomic E-state index is -0.801. The van der Waals surface area contributed by atoms with Crippen LogP contribution >= 0.6 is 0 Å². The van der Waals surface area contributed by atoms with E-state index < -0.39 is 12.0 Å². The Labute approximate surface area is 297 Å². The minimum absolute atomic E-state index is 0.0390. The zero-order valence-electron chi connectivity index (χ0n) is 29.4. The van der Waals surface area contributed by atoms with Gasteiger partial charge in [-0.1, -0.05) is 18.6 Å². The van der Waals surface area contributed by atoms with E-state index in [1.807, 2.05) is 61.6 Å². The molecule has 3 aromatic carbocycles. The molecule has 1 heterocycles. The van der Waals surface area contributed by atoms with E-state index in [-0.39, 0.29) is 36.4 Å². The molecule has 0 fully saturated rings. The number of methoxy groups -OCH3 is 1. The zero-order valence-corrected chi connectivity index (χ0v) is 29.4. The van der Waals surface area contributed by atoms with Crippen LogP contribution in [0.1, 0.15) is 68.1 Å². The number of carbonyl (C=O) groups excluding carboxylic acids is 4. The number of anilines is 2. The molecule has 2 amide bonds. The number of benzene rings is 3. The largest absolute Gasteiger partial charge is 0.467 e. The van der Waals surface area contributed by atoms with Gasteiger partial charge in [0.1, 0.15) is 18.9 Å². The molecule has 0 spiro atoms. The number of ketones is 1. The van der Waals surface area contributed by atoms with Crippen LogP contribution in [0.2, 0.25) is 0 Å². The number of aryl methyl sites for hydroxylation is 1. The van der Waals surface area contributed by atoms with Crippen LogP contribution in [0.5, 0.6) is 0 Å². The van der Waals surface area contributed by atoms with E-state index in [2.05, 4.69) is 20.2 Å². The summed E-state index contributed by atoms with van der Waals surface area (Å²) in [6.45, 7) is 0.810. The highest BCUT2D eigenvalue weighted by Crippen LogP contribution is 2.33. The molecule has 10 N–H and O–H groups in total. The van der Waals surface area contributed by atoms with Crippen LogP contribution in [0, 0.1) is 0 Å². The standard InChI is InChI=1S/C38H48N8O5/c1-46-33-23-27(40)16-18-30(33)29-17-15-26(39)22-31(29)35(46)24-9-6-10-25(21-24)36(49)43-19-5-3-4-11-28(47)12-7-14-34(48)45-32(37(50)51-2)13-8-20-44-38(41)42/h6,9-10,15-18,21-23,32,40H,3-5,7-8,11-14,19-20,39H2,1-2H3,(H6,41,42,43,44,45,48,49)/p+1. The van der Waals surface area contributed by atoms with Gasteiger partial charge in [0.25, 0.3) is 5.91 Å². The first-order valence-corrected chi connectivity index (χ1v) is 17.2. The molecular formula is C38H49N8O5+. The molecule has 51 heavy (non-hydrogen) atoms. The summed E-state index contributed by atoms with van der Waals surface area (Å²) in [5, 5.41) is 8.74. The van der Waals surface area contributed by atoms with Gasteiger partial charge in [-0.3, -0.25) is 19.4 Å². The Hall–Kier alpha value is -5.72. The maximum Gasteiger partial charge on any atom is 0.328 e. The summed E-state index contributed by atoms with van der Waals surface area (Å²) in [5.74, 6) is -1.01. The number of rotatable bonds is 18. The quantitative estimate of drug-likeness (QED) is 0.0170. The average molecular weight is 698 g/mol. The van der Waals surface area contributed by atoms with Gasteiger partial charge in [-0.05, 0) is 74.6 Å². The summed E-state index contributed by atoms with van der Waals surface area (Å²) in [6, 6.07) is 18.4. The Kier molecular flexibility index (Phi) is 13.7. The van der Waals surface area contributed by atoms with Crippen molar-refractivity contribution >= 4 is 62.6 Å². The predicted octanol–water partition coefficient (Wildman–Crippen LogP) is 3.39. The van der Waals surface area contributed by atoms with Crippen LogP contribution in [-0.2, 0) is 26.2 Å². The van der Waals surface area contributed by atoms with Gasteiger partial charge in [-0.15, -0.1) is 0 Å². The second-order valence-electron chi connectivity index (χ2n) is 12.6. The number of nitrogens with one attached hydrogen (secondary N) is 2. The number of pyridine rings is 1. The van der Waals surface area contributed by atoms with E-state index in [4.69, 9.17) is 27.7 Å². The van der Waals surface area contributed by atoms with Crippen molar-refractivity contribution in [3.63, 3.8) is 0 Å². The lowest BCUT2D eigenvalue weighted by molar-refractivity contribution is -0.632. The summed E-state index contributed by atoms with van der Waals surface area (Å²) >= 11 is 0. The van der Waals surface area contributed by atoms with E-state index in [9.17, 15) is 19.2 Å². The van der Waals surface area contributed by atoms with Crippen molar-refractivity contribution in [1.29, 1.82) is 0 Å². The highest BCUT2D eigenvalue weighted by molar-refractivity contribution is 6.10. The number of nitrogen functional groups attached to an aromatic ring is 2. The second kappa shape index (κ2) is 18.3. The number of nitrogens with zero attached hydrogens (tertiary/aromatic N) is 2. The highest BCUT2D eigenvalue weighted by Gasteiger charge is 2.23. The molecule has 13 nitrogen and oxygen atoms in total. The molecule has 0 saturated carbocycles. The lowest BCUT2D eigenvalue weighted by atomic mass is 9.97. The van der Waals surface area contributed by atoms with E-state index in [1.54, 1.807) is 6.07 Å². The molecule has 0 aliphatic heterocycles. The van der Waals surface area contributed by atoms with E-state index >= 15 is 0 Å². The number of nitrogens with two attached hydrogens (primary N) is 4. The fourth-order valence-electron chi connectivity index (χ4n) is 6.16. The number of Topliss-reactive ketones (excluding diaryl/α,β-unsaturated/α-hetero) is 1. The van der Waals surface area contributed by atoms with Crippen LogP contribution in [0.3, 0.4) is 0 Å². The van der Waals surface area contributed by atoms with Crippen LogP contribution in [0.4, 0.5) is 11.4 Å². The summed E-state index contributed by atoms with van der Waals surface area (Å²) in [4.78, 5) is 53.8. The van der Waals surface area contributed by atoms with Gasteiger partial charge < -0.3 is 38.3 Å². The number of esters is 1. The van der Waals surface area contributed by atoms with Crippen LogP contribution in [-0.4, -0.2) is 55.8 Å². The number of hydrogen-bond donors (Lipinski definition) is 6. The normalized spacial score (nSPS) is 11.6. The van der Waals surface area contributed by atoms with Gasteiger partial charge in [0.2, 0.25) is 17.1 Å². The van der Waals surface area contributed by atoms with Crippen molar-refractivity contribution in [1.82, 2.24) is 10.6 Å². The zero-order chi connectivity index (χ0) is 36.9. The minimum Gasteiger partial charge on any atom is -0.467 e. The molecule has 13 heteroatoms. The molecular weight excluding hydrogens is 648 g/mol. The Bertz CT molecular complexity index is 1920. The van der Waals surface area contributed by atoms with Gasteiger partial charge >= 0.3 is 5.97 Å². The molecule has 1 aromatic heterocycles. The smallest absolute Gasteiger partial charge is 0.328 e. The fraction of sp³-hybridized carbons (Fsp3) is 0.368. The summed E-state index contributed by atoms with van der Waals surface area (Å²) in [5.41, 5.74) is 27.6. The molecule has 270 valence electrons. The SMILES string of the molecule is COC(=O)C(CCCN=C(N)N)NC(=O)CCCC(=O)CCCCCNC(=O)c1cccc(-c2c3cc(N)ccc3c3ccc(N)cc3[n+]2C)c1. The van der Waals surface area contributed by atoms with Crippen molar-refractivity contribution in [3.05, 3.63) is 66.2 Å². The number of unbranched alkanes of at least 4 members (excludes halogenated alkanes) is 2. The summed E-state index contributed by atoms with van der Waals surface area (Å²) in [7, 11) is 3.24. The number of ether oxygens (including phenoxy) is 1. The second-order valence-corrected chi connectivity index (χ2v) is 12.6. The van der Waals surface area contributed by atoms with Gasteiger partial charge in [-0.25, -0.2) is 4.79 Å². The van der Waals surface area contributed by atoms with Crippen LogP contribution < -0.4 is 38.1 Å². The van der Waals surface area contributed by atoms with Gasteiger partial charge in [0.05, 0.1) is 17.9 Å². The first-order valence-electron chi connectivity index (χ1n) is 17.2. The maximum absolute atomic E-state index is 13.1. The van der Waals surface area contributed by atoms with Crippen molar-refractivity contribution < 1.29 is 28.5 Å². The molecule has 0 radical (unpaired) electrons. The predicted molar refractivity (Wildman–Crippen MR) is 200 cm³/mol. The fourth-order valence-corrected chi connectivity index (χ4v) is 6.16. The Morgan fingerprint density at radius 1 is 0.824 bits per heavy atom. The lowest BCUT2D eigenvalue weighted by Gasteiger charge is -2.16. The number of guanidine groups is 1. The highest BCUT2D eigenvalue weighted by atomic mass is 16.5. The molecule has 0 aliphatic carbocycles. The average Bonchev–Trinajstić information content (AvgIpc) is 3.10. The molecule has 4 aromatic rings. The number of fused-ring (bicyclic) bond motifs is 3. The van der Waals surface area contributed by atoms with Crippen molar-refractivity contribution in [2.24, 2.45) is 23.5 Å². The number of hydrogen-bond acceptors (Lipinski definition) is 8. The third-order valence-corrected chi connectivity index (χ3v) is 8.75. The van der Waals surface area contributed by atoms with Gasteiger partial charge in [0, 0.05) is 66.3 Å². The monoisotopic (exact) mass is 697 g/mol. The number of aliphatic imine (C=N–C) groups is 1. The van der Waals surface area contributed by atoms with Gasteiger partial charge in [-0.2, -0.15) is 4.57 Å². The molecule has 4 rings (SSSR count). The van der Waals surface area contributed by atoms with E-state index in [0.717, 1.165) is 45.8 Å². The lowest BCUT2D eigenvalue weighted by Crippen LogP contribution is -2.41. The molecule has 0 aliphatic rings. The summed E-state index contributed by atoms with van der Waals surface area (Å²) < 4.78 is 6.86. The van der Waals surface area contributed by atoms with E-state index in [0.29, 0.717) is 62.1 Å². The molecule has 1 atom stereocenters. The topological polar surface area (TPSA) is 222 Å². The first-order chi connectivity index (χ1) is 24.5. The Morgan fingerprint density at radius 2 is 1.55 bits per heavy atom. The van der Waals surface area contributed by atoms with Crippen molar-refractivity contribution in [3.8, 4) is 11.3 Å². The molecule has 0 saturated heterocycles. The van der Waals surface area contributed by atoms with Crippen LogP contribution in [0.15, 0.2) is 65.7 Å². The van der Waals surface area contributed by atoms with Gasteiger partial charge in [0.15, 0.2) is 5.96 Å². The molecule has 1 unspecified atom stereocenters. The van der Waals surface area contributed by atoms with E-state index in [1.165, 1.54) is 7.11 Å². The van der Waals surface area contributed by atoms with Crippen molar-refractivity contribution in [2.75, 3.05) is 31.7 Å². The molecule has 0 bridgehead atoms.